The van der Waals surface area contributed by atoms with Gasteiger partial charge in [-0.2, -0.15) is 0 Å². The van der Waals surface area contributed by atoms with Gasteiger partial charge in [-0.1, -0.05) is 24.3 Å². The lowest BCUT2D eigenvalue weighted by atomic mass is 9.70. The minimum absolute atomic E-state index is 0.0224. The van der Waals surface area contributed by atoms with Gasteiger partial charge in [-0.05, 0) is 37.3 Å². The van der Waals surface area contributed by atoms with Crippen molar-refractivity contribution in [1.82, 2.24) is 4.90 Å². The summed E-state index contributed by atoms with van der Waals surface area (Å²) in [5.41, 5.74) is 1.76. The fraction of sp³-hybridized carbons (Fsp3) is 0.529. The average molecular weight is 303 g/mol. The summed E-state index contributed by atoms with van der Waals surface area (Å²) >= 11 is 0. The first-order valence-electron chi connectivity index (χ1n) is 7.74. The van der Waals surface area contributed by atoms with Gasteiger partial charge in [-0.3, -0.25) is 4.79 Å². The Morgan fingerprint density at radius 3 is 2.91 bits per heavy atom. The third kappa shape index (κ3) is 2.50. The molecule has 5 heteroatoms. The van der Waals surface area contributed by atoms with E-state index in [1.54, 1.807) is 4.90 Å². The molecule has 1 saturated heterocycles. The summed E-state index contributed by atoms with van der Waals surface area (Å²) in [5.74, 6) is -0.985. The number of fused-ring (bicyclic) bond motifs is 1. The summed E-state index contributed by atoms with van der Waals surface area (Å²) in [6, 6.07) is 8.08. The van der Waals surface area contributed by atoms with Gasteiger partial charge >= 0.3 is 5.97 Å². The third-order valence-electron chi connectivity index (χ3n) is 4.84. The third-order valence-corrected chi connectivity index (χ3v) is 4.84. The number of nitrogens with zero attached hydrogens (tertiary/aromatic N) is 1. The maximum absolute atomic E-state index is 13.1. The highest BCUT2D eigenvalue weighted by atomic mass is 16.5. The lowest BCUT2D eigenvalue weighted by molar-refractivity contribution is -0.161. The van der Waals surface area contributed by atoms with E-state index in [4.69, 9.17) is 9.84 Å². The number of ether oxygens (including phenoxy) is 1. The van der Waals surface area contributed by atoms with E-state index in [-0.39, 0.29) is 19.1 Å². The van der Waals surface area contributed by atoms with Crippen LogP contribution in [0.3, 0.4) is 0 Å². The van der Waals surface area contributed by atoms with Gasteiger partial charge in [0.2, 0.25) is 5.91 Å². The molecule has 0 bridgehead atoms. The molecule has 0 spiro atoms. The molecule has 2 aliphatic rings. The van der Waals surface area contributed by atoms with E-state index >= 15 is 0 Å². The number of carboxylic acid groups (broad SMARTS) is 1. The Kier molecular flexibility index (Phi) is 3.91. The number of aryl methyl sites for hydroxylation is 1. The number of benzene rings is 1. The minimum atomic E-state index is -1.01. The van der Waals surface area contributed by atoms with Gasteiger partial charge in [0.15, 0.2) is 6.10 Å². The lowest BCUT2D eigenvalue weighted by Gasteiger charge is -2.41. The van der Waals surface area contributed by atoms with Crippen LogP contribution in [0.4, 0.5) is 0 Å². The van der Waals surface area contributed by atoms with Gasteiger partial charge in [0, 0.05) is 6.54 Å². The zero-order valence-corrected chi connectivity index (χ0v) is 12.7. The van der Waals surface area contributed by atoms with Crippen LogP contribution in [-0.4, -0.2) is 47.7 Å². The van der Waals surface area contributed by atoms with Gasteiger partial charge in [0.25, 0.3) is 0 Å². The van der Waals surface area contributed by atoms with Crippen molar-refractivity contribution in [3.05, 3.63) is 35.4 Å². The van der Waals surface area contributed by atoms with Gasteiger partial charge in [-0.25, -0.2) is 4.79 Å². The lowest BCUT2D eigenvalue weighted by Crippen LogP contribution is -2.54. The molecule has 1 N–H and O–H groups in total. The Morgan fingerprint density at radius 1 is 1.36 bits per heavy atom. The molecule has 118 valence electrons. The molecule has 1 amide bonds. The summed E-state index contributed by atoms with van der Waals surface area (Å²) in [6.07, 6.45) is 1.87. The fourth-order valence-corrected chi connectivity index (χ4v) is 3.60. The molecular formula is C17H21NO4. The highest BCUT2D eigenvalue weighted by Gasteiger charge is 2.43. The number of carbonyl (C=O) groups excluding carboxylic acids is 1. The van der Waals surface area contributed by atoms with Crippen LogP contribution >= 0.6 is 0 Å². The van der Waals surface area contributed by atoms with E-state index in [0.717, 1.165) is 24.8 Å². The predicted octanol–water partition coefficient (Wildman–Crippen LogP) is 1.59. The van der Waals surface area contributed by atoms with E-state index in [1.165, 1.54) is 5.56 Å². The molecule has 1 aliphatic carbocycles. The minimum Gasteiger partial charge on any atom is -0.479 e. The van der Waals surface area contributed by atoms with Crippen molar-refractivity contribution in [3.63, 3.8) is 0 Å². The number of carbonyl (C=O) groups is 2. The topological polar surface area (TPSA) is 66.8 Å². The van der Waals surface area contributed by atoms with E-state index < -0.39 is 17.5 Å². The van der Waals surface area contributed by atoms with Crippen LogP contribution in [0.5, 0.6) is 0 Å². The van der Waals surface area contributed by atoms with Gasteiger partial charge in [-0.15, -0.1) is 0 Å². The highest BCUT2D eigenvalue weighted by molar-refractivity contribution is 5.89. The number of aliphatic carboxylic acids is 1. The molecule has 0 saturated carbocycles. The fourth-order valence-electron chi connectivity index (χ4n) is 3.60. The molecule has 1 aromatic carbocycles. The van der Waals surface area contributed by atoms with Crippen LogP contribution in [0.15, 0.2) is 24.3 Å². The molecule has 1 aliphatic heterocycles. The SMILES string of the molecule is CC1(C(=O)N2CCOC(C(=O)O)C2)CCCc2ccccc21. The van der Waals surface area contributed by atoms with Crippen molar-refractivity contribution >= 4 is 11.9 Å². The van der Waals surface area contributed by atoms with Crippen LogP contribution in [0.25, 0.3) is 0 Å². The number of hydrogen-bond acceptors (Lipinski definition) is 3. The van der Waals surface area contributed by atoms with Crippen molar-refractivity contribution in [2.24, 2.45) is 0 Å². The van der Waals surface area contributed by atoms with Crippen LogP contribution in [-0.2, 0) is 26.2 Å². The van der Waals surface area contributed by atoms with Gasteiger partial charge in [0.05, 0.1) is 18.6 Å². The second-order valence-corrected chi connectivity index (χ2v) is 6.29. The molecule has 0 aromatic heterocycles. The van der Waals surface area contributed by atoms with Crippen LogP contribution < -0.4 is 0 Å². The standard InChI is InChI=1S/C17H21NO4/c1-17(8-4-6-12-5-2-3-7-13(12)17)16(21)18-9-10-22-14(11-18)15(19)20/h2-3,5,7,14H,4,6,8-11H2,1H3,(H,19,20). The average Bonchev–Trinajstić information content (AvgIpc) is 2.54. The first-order valence-corrected chi connectivity index (χ1v) is 7.74. The first kappa shape index (κ1) is 15.0. The summed E-state index contributed by atoms with van der Waals surface area (Å²) in [4.78, 5) is 25.9. The second-order valence-electron chi connectivity index (χ2n) is 6.29. The molecule has 3 rings (SSSR count). The van der Waals surface area contributed by atoms with Crippen molar-refractivity contribution < 1.29 is 19.4 Å². The highest BCUT2D eigenvalue weighted by Crippen LogP contribution is 2.38. The van der Waals surface area contributed by atoms with Crippen molar-refractivity contribution in [3.8, 4) is 0 Å². The Balaban J connectivity index is 1.87. The number of carboxylic acids is 1. The Bertz CT molecular complexity index is 600. The monoisotopic (exact) mass is 303 g/mol. The molecule has 2 unspecified atom stereocenters. The van der Waals surface area contributed by atoms with Crippen LogP contribution in [0.2, 0.25) is 0 Å². The van der Waals surface area contributed by atoms with Crippen LogP contribution in [0.1, 0.15) is 30.9 Å². The Morgan fingerprint density at radius 2 is 2.14 bits per heavy atom. The zero-order valence-electron chi connectivity index (χ0n) is 12.7. The Labute approximate surface area is 129 Å². The van der Waals surface area contributed by atoms with Crippen molar-refractivity contribution in [2.45, 2.75) is 37.7 Å². The summed E-state index contributed by atoms with van der Waals surface area (Å²) in [6.45, 7) is 2.85. The molecule has 1 heterocycles. The number of rotatable bonds is 2. The van der Waals surface area contributed by atoms with Crippen LogP contribution in [0, 0.1) is 0 Å². The normalized spacial score (nSPS) is 28.0. The Hall–Kier alpha value is -1.88. The molecule has 0 radical (unpaired) electrons. The maximum atomic E-state index is 13.1. The maximum Gasteiger partial charge on any atom is 0.334 e. The first-order chi connectivity index (χ1) is 10.5. The quantitative estimate of drug-likeness (QED) is 0.901. The van der Waals surface area contributed by atoms with Gasteiger partial charge in [0.1, 0.15) is 0 Å². The van der Waals surface area contributed by atoms with Crippen molar-refractivity contribution in [1.29, 1.82) is 0 Å². The molecule has 1 aromatic rings. The molecule has 5 nitrogen and oxygen atoms in total. The summed E-state index contributed by atoms with van der Waals surface area (Å²) < 4.78 is 5.22. The molecular weight excluding hydrogens is 282 g/mol. The van der Waals surface area contributed by atoms with E-state index in [2.05, 4.69) is 6.07 Å². The van der Waals surface area contributed by atoms with E-state index in [1.807, 2.05) is 25.1 Å². The second kappa shape index (κ2) is 5.72. The van der Waals surface area contributed by atoms with Crippen molar-refractivity contribution in [2.75, 3.05) is 19.7 Å². The van der Waals surface area contributed by atoms with E-state index in [9.17, 15) is 9.59 Å². The molecule has 22 heavy (non-hydrogen) atoms. The largest absolute Gasteiger partial charge is 0.479 e. The van der Waals surface area contributed by atoms with Gasteiger partial charge < -0.3 is 14.7 Å². The number of morpholine rings is 1. The molecule has 1 fully saturated rings. The molecule has 2 atom stereocenters. The number of amides is 1. The smallest absolute Gasteiger partial charge is 0.334 e. The summed E-state index contributed by atoms with van der Waals surface area (Å²) in [7, 11) is 0. The predicted molar refractivity (Wildman–Crippen MR) is 80.7 cm³/mol. The number of hydrogen-bond donors (Lipinski definition) is 1. The summed E-state index contributed by atoms with van der Waals surface area (Å²) in [5, 5.41) is 9.11. The zero-order chi connectivity index (χ0) is 15.7. The van der Waals surface area contributed by atoms with E-state index in [0.29, 0.717) is 6.54 Å².